The number of H-pyrrole nitrogens is 1. The van der Waals surface area contributed by atoms with Gasteiger partial charge in [-0.2, -0.15) is 0 Å². The van der Waals surface area contributed by atoms with Crippen molar-refractivity contribution in [2.75, 3.05) is 13.2 Å². The van der Waals surface area contributed by atoms with Crippen molar-refractivity contribution in [2.24, 2.45) is 5.73 Å². The average Bonchev–Trinajstić information content (AvgIpc) is 3.01. The number of nitrogens with zero attached hydrogens (tertiary/aromatic N) is 1. The van der Waals surface area contributed by atoms with Crippen molar-refractivity contribution in [3.63, 3.8) is 0 Å². The molecule has 24 heavy (non-hydrogen) atoms. The number of aromatic nitrogens is 2. The predicted octanol–water partition coefficient (Wildman–Crippen LogP) is 3.61. The van der Waals surface area contributed by atoms with E-state index in [0.29, 0.717) is 25.3 Å². The highest BCUT2D eigenvalue weighted by molar-refractivity contribution is 6.32. The summed E-state index contributed by atoms with van der Waals surface area (Å²) in [4.78, 5) is 7.96. The number of aromatic amines is 1. The Morgan fingerprint density at radius 2 is 2.12 bits per heavy atom. The zero-order valence-corrected chi connectivity index (χ0v) is 14.2. The maximum absolute atomic E-state index is 9.96. The van der Waals surface area contributed by atoms with Crippen molar-refractivity contribution in [3.05, 3.63) is 52.8 Å². The zero-order valence-electron chi connectivity index (χ0n) is 13.4. The highest BCUT2D eigenvalue weighted by Gasteiger charge is 2.17. The Kier molecular flexibility index (Phi) is 4.92. The monoisotopic (exact) mass is 345 g/mol. The summed E-state index contributed by atoms with van der Waals surface area (Å²) in [6, 6.07) is 11.4. The number of para-hydroxylation sites is 2. The van der Waals surface area contributed by atoms with Gasteiger partial charge < -0.3 is 20.6 Å². The van der Waals surface area contributed by atoms with E-state index in [1.165, 1.54) is 0 Å². The largest absolute Gasteiger partial charge is 0.503 e. The minimum Gasteiger partial charge on any atom is -0.503 e. The Balaban J connectivity index is 1.90. The van der Waals surface area contributed by atoms with E-state index < -0.39 is 0 Å². The van der Waals surface area contributed by atoms with Crippen LogP contribution in [0.4, 0.5) is 0 Å². The van der Waals surface area contributed by atoms with Crippen LogP contribution in [0.1, 0.15) is 24.2 Å². The van der Waals surface area contributed by atoms with Crippen LogP contribution < -0.4 is 10.5 Å². The SMILES string of the molecule is CCOc1cc(CC(CN)c2nc3ccccc3[nH]2)cc(Cl)c1O. The number of rotatable bonds is 6. The third kappa shape index (κ3) is 3.32. The van der Waals surface area contributed by atoms with Crippen molar-refractivity contribution >= 4 is 22.6 Å². The third-order valence-electron chi connectivity index (χ3n) is 3.95. The summed E-state index contributed by atoms with van der Waals surface area (Å²) in [6.45, 7) is 2.76. The molecule has 0 aliphatic heterocycles. The first-order valence-corrected chi connectivity index (χ1v) is 8.29. The molecule has 4 N–H and O–H groups in total. The van der Waals surface area contributed by atoms with Gasteiger partial charge in [-0.05, 0) is 43.2 Å². The van der Waals surface area contributed by atoms with E-state index in [9.17, 15) is 5.11 Å². The summed E-state index contributed by atoms with van der Waals surface area (Å²) in [6.07, 6.45) is 0.649. The molecule has 1 aromatic heterocycles. The van der Waals surface area contributed by atoms with Crippen molar-refractivity contribution in [3.8, 4) is 11.5 Å². The van der Waals surface area contributed by atoms with E-state index in [0.717, 1.165) is 22.4 Å². The fourth-order valence-electron chi connectivity index (χ4n) is 2.75. The molecule has 0 fully saturated rings. The second kappa shape index (κ2) is 7.11. The fourth-order valence-corrected chi connectivity index (χ4v) is 2.99. The molecule has 1 heterocycles. The number of phenolic OH excluding ortho intramolecular Hbond substituents is 1. The zero-order chi connectivity index (χ0) is 17.1. The Bertz CT molecular complexity index is 814. The van der Waals surface area contributed by atoms with Crippen LogP contribution in [0.25, 0.3) is 11.0 Å². The molecule has 0 saturated carbocycles. The standard InChI is InChI=1S/C18H20ClN3O2/c1-2-24-16-9-11(8-13(19)17(16)23)7-12(10-20)18-21-14-5-3-4-6-15(14)22-18/h3-6,8-9,12,23H,2,7,10,20H2,1H3,(H,21,22). The number of benzene rings is 2. The molecule has 3 rings (SSSR count). The number of hydrogen-bond acceptors (Lipinski definition) is 4. The van der Waals surface area contributed by atoms with Crippen LogP contribution in [0, 0.1) is 0 Å². The minimum atomic E-state index is -0.0321. The molecule has 0 aliphatic carbocycles. The summed E-state index contributed by atoms with van der Waals surface area (Å²) in [5, 5.41) is 10.2. The molecule has 0 amide bonds. The minimum absolute atomic E-state index is 0.0208. The topological polar surface area (TPSA) is 84.2 Å². The molecule has 0 bridgehead atoms. The Labute approximate surface area is 145 Å². The molecule has 3 aromatic rings. The summed E-state index contributed by atoms with van der Waals surface area (Å²) in [5.41, 5.74) is 8.82. The van der Waals surface area contributed by atoms with Gasteiger partial charge >= 0.3 is 0 Å². The van der Waals surface area contributed by atoms with E-state index in [4.69, 9.17) is 22.1 Å². The lowest BCUT2D eigenvalue weighted by Gasteiger charge is -2.15. The first kappa shape index (κ1) is 16.6. The number of nitrogens with one attached hydrogen (secondary N) is 1. The van der Waals surface area contributed by atoms with Gasteiger partial charge in [-0.15, -0.1) is 0 Å². The van der Waals surface area contributed by atoms with E-state index in [1.54, 1.807) is 12.1 Å². The fraction of sp³-hybridized carbons (Fsp3) is 0.278. The number of nitrogens with two attached hydrogens (primary N) is 1. The predicted molar refractivity (Wildman–Crippen MR) is 95.9 cm³/mol. The molecule has 0 radical (unpaired) electrons. The molecule has 0 aliphatic rings. The highest BCUT2D eigenvalue weighted by atomic mass is 35.5. The number of phenols is 1. The maximum atomic E-state index is 9.96. The molecule has 0 saturated heterocycles. The lowest BCUT2D eigenvalue weighted by atomic mass is 9.98. The van der Waals surface area contributed by atoms with Crippen molar-refractivity contribution in [1.82, 2.24) is 9.97 Å². The van der Waals surface area contributed by atoms with Crippen molar-refractivity contribution < 1.29 is 9.84 Å². The normalized spacial score (nSPS) is 12.5. The molecule has 0 spiro atoms. The first-order valence-electron chi connectivity index (χ1n) is 7.91. The Morgan fingerprint density at radius 1 is 1.33 bits per heavy atom. The number of ether oxygens (including phenoxy) is 1. The van der Waals surface area contributed by atoms with Gasteiger partial charge in [-0.3, -0.25) is 0 Å². The van der Waals surface area contributed by atoms with E-state index in [2.05, 4.69) is 9.97 Å². The highest BCUT2D eigenvalue weighted by Crippen LogP contribution is 2.36. The van der Waals surface area contributed by atoms with Gasteiger partial charge in [0.25, 0.3) is 0 Å². The van der Waals surface area contributed by atoms with Gasteiger partial charge in [0.2, 0.25) is 0 Å². The van der Waals surface area contributed by atoms with Crippen LogP contribution in [-0.4, -0.2) is 28.2 Å². The van der Waals surface area contributed by atoms with Crippen LogP contribution in [-0.2, 0) is 6.42 Å². The van der Waals surface area contributed by atoms with Gasteiger partial charge in [0, 0.05) is 12.5 Å². The maximum Gasteiger partial charge on any atom is 0.176 e. The van der Waals surface area contributed by atoms with Crippen LogP contribution in [0.3, 0.4) is 0 Å². The molecule has 126 valence electrons. The number of fused-ring (bicyclic) bond motifs is 1. The molecule has 1 unspecified atom stereocenters. The van der Waals surface area contributed by atoms with Crippen LogP contribution in [0.2, 0.25) is 5.02 Å². The third-order valence-corrected chi connectivity index (χ3v) is 4.24. The van der Waals surface area contributed by atoms with E-state index in [-0.39, 0.29) is 16.7 Å². The van der Waals surface area contributed by atoms with E-state index >= 15 is 0 Å². The van der Waals surface area contributed by atoms with Crippen molar-refractivity contribution in [1.29, 1.82) is 0 Å². The van der Waals surface area contributed by atoms with Gasteiger partial charge in [0.05, 0.1) is 22.7 Å². The summed E-state index contributed by atoms with van der Waals surface area (Å²) in [7, 11) is 0. The second-order valence-electron chi connectivity index (χ2n) is 5.63. The molecular formula is C18H20ClN3O2. The summed E-state index contributed by atoms with van der Waals surface area (Å²) >= 11 is 6.11. The van der Waals surface area contributed by atoms with Crippen LogP contribution in [0.15, 0.2) is 36.4 Å². The summed E-state index contributed by atoms with van der Waals surface area (Å²) < 4.78 is 5.44. The smallest absolute Gasteiger partial charge is 0.176 e. The molecule has 2 aromatic carbocycles. The number of imidazole rings is 1. The van der Waals surface area contributed by atoms with Gasteiger partial charge in [0.1, 0.15) is 5.82 Å². The Hall–Kier alpha value is -2.24. The quantitative estimate of drug-likeness (QED) is 0.637. The molecule has 5 nitrogen and oxygen atoms in total. The van der Waals surface area contributed by atoms with Crippen molar-refractivity contribution in [2.45, 2.75) is 19.3 Å². The molecule has 6 heteroatoms. The van der Waals surface area contributed by atoms with Crippen LogP contribution >= 0.6 is 11.6 Å². The average molecular weight is 346 g/mol. The first-order chi connectivity index (χ1) is 11.6. The summed E-state index contributed by atoms with van der Waals surface area (Å²) in [5.74, 6) is 1.23. The number of halogens is 1. The van der Waals surface area contributed by atoms with Gasteiger partial charge in [-0.1, -0.05) is 23.7 Å². The molecular weight excluding hydrogens is 326 g/mol. The lowest BCUT2D eigenvalue weighted by molar-refractivity contribution is 0.317. The van der Waals surface area contributed by atoms with E-state index in [1.807, 2.05) is 31.2 Å². The number of hydrogen-bond donors (Lipinski definition) is 3. The Morgan fingerprint density at radius 3 is 2.83 bits per heavy atom. The molecule has 1 atom stereocenters. The van der Waals surface area contributed by atoms with Gasteiger partial charge in [-0.25, -0.2) is 4.98 Å². The lowest BCUT2D eigenvalue weighted by Crippen LogP contribution is -2.16. The second-order valence-corrected chi connectivity index (χ2v) is 6.04. The van der Waals surface area contributed by atoms with Gasteiger partial charge in [0.15, 0.2) is 11.5 Å². The number of aromatic hydroxyl groups is 1. The van der Waals surface area contributed by atoms with Crippen LogP contribution in [0.5, 0.6) is 11.5 Å².